The molecule has 0 atom stereocenters. The third-order valence-electron chi connectivity index (χ3n) is 6.53. The highest BCUT2D eigenvalue weighted by Crippen LogP contribution is 2.61. The molecule has 2 heterocycles. The first-order valence-corrected chi connectivity index (χ1v) is 10.8. The number of aromatic nitrogens is 4. The lowest BCUT2D eigenvalue weighted by Gasteiger charge is -2.45. The smallest absolute Gasteiger partial charge is 0.243 e. The van der Waals surface area contributed by atoms with E-state index in [4.69, 9.17) is 16.4 Å². The zero-order valence-corrected chi connectivity index (χ0v) is 17.0. The topological polar surface area (TPSA) is 111 Å². The predicted octanol–water partition coefficient (Wildman–Crippen LogP) is 2.29. The van der Waals surface area contributed by atoms with Crippen molar-refractivity contribution in [2.75, 3.05) is 12.8 Å². The highest BCUT2D eigenvalue weighted by molar-refractivity contribution is 7.89. The number of hydrogen-bond donors (Lipinski definition) is 1. The largest absolute Gasteiger partial charge is 0.381 e. The van der Waals surface area contributed by atoms with Crippen LogP contribution in [0, 0.1) is 13.4 Å². The first-order valence-electron chi connectivity index (χ1n) is 10.9. The summed E-state index contributed by atoms with van der Waals surface area (Å²) < 4.78 is 53.7. The van der Waals surface area contributed by atoms with E-state index in [1.54, 1.807) is 0 Å². The number of benzene rings is 1. The lowest BCUT2D eigenvalue weighted by atomic mass is 9.72. The fraction of sp³-hybridized carbons (Fsp3) is 0.400. The van der Waals surface area contributed by atoms with Crippen LogP contribution >= 0.6 is 0 Å². The normalized spacial score (nSPS) is 27.3. The molecule has 10 heteroatoms. The molecular weight excluding hydrogens is 402 g/mol. The molecule has 6 rings (SSSR count). The average molecular weight is 427 g/mol. The molecule has 0 amide bonds. The van der Waals surface area contributed by atoms with E-state index in [-0.39, 0.29) is 27.5 Å². The number of imidazole rings is 1. The molecular formula is C20H21N7O2S. The Morgan fingerprint density at radius 3 is 2.83 bits per heavy atom. The maximum atomic E-state index is 13.6. The van der Waals surface area contributed by atoms with Gasteiger partial charge in [0.2, 0.25) is 15.6 Å². The van der Waals surface area contributed by atoms with E-state index in [2.05, 4.69) is 19.9 Å². The van der Waals surface area contributed by atoms with Crippen LogP contribution in [0.3, 0.4) is 0 Å². The Hall–Kier alpha value is -3.03. The van der Waals surface area contributed by atoms with Crippen LogP contribution in [0.15, 0.2) is 35.6 Å². The molecule has 2 bridgehead atoms. The summed E-state index contributed by atoms with van der Waals surface area (Å²) in [4.78, 5) is 11.8. The molecule has 3 aliphatic carbocycles. The summed E-state index contributed by atoms with van der Waals surface area (Å²) in [6.45, 7) is 4.93. The SMILES string of the molecule is [2H]C([2H])([2H])c1ccc(S(=O)(=O)N(C)C23CCC([N+]#[C-])(C2)C3)cc1-c1cnc2c(N)ncnn12. The number of nitrogens with zero attached hydrogens (tertiary/aromatic N) is 6. The highest BCUT2D eigenvalue weighted by atomic mass is 32.2. The number of aryl methyl sites for hydroxylation is 1. The van der Waals surface area contributed by atoms with Crippen LogP contribution in [0.25, 0.3) is 21.7 Å². The molecule has 154 valence electrons. The molecule has 1 aromatic carbocycles. The Bertz CT molecular complexity index is 1440. The van der Waals surface area contributed by atoms with Gasteiger partial charge in [-0.15, -0.1) is 0 Å². The number of nitrogen functional groups attached to an aromatic ring is 1. The van der Waals surface area contributed by atoms with Crippen LogP contribution in [-0.4, -0.2) is 50.4 Å². The van der Waals surface area contributed by atoms with E-state index in [9.17, 15) is 8.42 Å². The van der Waals surface area contributed by atoms with Gasteiger partial charge >= 0.3 is 0 Å². The molecule has 0 saturated heterocycles. The quantitative estimate of drug-likeness (QED) is 0.641. The van der Waals surface area contributed by atoms with Crippen molar-refractivity contribution in [1.29, 1.82) is 0 Å². The number of rotatable bonds is 4. The van der Waals surface area contributed by atoms with Gasteiger partial charge in [0.1, 0.15) is 6.33 Å². The Morgan fingerprint density at radius 2 is 2.13 bits per heavy atom. The second kappa shape index (κ2) is 6.00. The van der Waals surface area contributed by atoms with Crippen molar-refractivity contribution >= 4 is 21.5 Å². The number of fused-ring (bicyclic) bond motifs is 2. The Balaban J connectivity index is 1.63. The van der Waals surface area contributed by atoms with Crippen molar-refractivity contribution in [3.63, 3.8) is 0 Å². The summed E-state index contributed by atoms with van der Waals surface area (Å²) >= 11 is 0. The second-order valence-corrected chi connectivity index (χ2v) is 10.1. The Kier molecular flexibility index (Phi) is 3.15. The fourth-order valence-corrected chi connectivity index (χ4v) is 6.39. The van der Waals surface area contributed by atoms with Crippen molar-refractivity contribution in [3.05, 3.63) is 47.7 Å². The molecule has 0 radical (unpaired) electrons. The van der Waals surface area contributed by atoms with Gasteiger partial charge < -0.3 is 10.6 Å². The number of nitrogens with two attached hydrogens (primary N) is 1. The van der Waals surface area contributed by atoms with Gasteiger partial charge in [-0.3, -0.25) is 0 Å². The summed E-state index contributed by atoms with van der Waals surface area (Å²) in [5, 5.41) is 4.12. The molecule has 3 saturated carbocycles. The van der Waals surface area contributed by atoms with Crippen molar-refractivity contribution in [2.24, 2.45) is 0 Å². The Morgan fingerprint density at radius 1 is 1.33 bits per heavy atom. The van der Waals surface area contributed by atoms with Gasteiger partial charge in [-0.1, -0.05) is 6.07 Å². The Labute approximate surface area is 178 Å². The van der Waals surface area contributed by atoms with Gasteiger partial charge in [0.05, 0.1) is 22.3 Å². The third-order valence-corrected chi connectivity index (χ3v) is 8.49. The first kappa shape index (κ1) is 15.8. The molecule has 9 nitrogen and oxygen atoms in total. The lowest BCUT2D eigenvalue weighted by molar-refractivity contribution is 0.115. The van der Waals surface area contributed by atoms with Gasteiger partial charge in [0.15, 0.2) is 11.5 Å². The van der Waals surface area contributed by atoms with Gasteiger partial charge in [0, 0.05) is 36.0 Å². The van der Waals surface area contributed by atoms with E-state index in [0.717, 1.165) is 0 Å². The van der Waals surface area contributed by atoms with Crippen molar-refractivity contribution in [3.8, 4) is 11.3 Å². The second-order valence-electron chi connectivity index (χ2n) is 8.12. The van der Waals surface area contributed by atoms with E-state index in [0.29, 0.717) is 31.4 Å². The third kappa shape index (κ3) is 2.42. The van der Waals surface area contributed by atoms with Gasteiger partial charge in [-0.25, -0.2) is 29.5 Å². The molecule has 30 heavy (non-hydrogen) atoms. The molecule has 0 aliphatic heterocycles. The summed E-state index contributed by atoms with van der Waals surface area (Å²) in [5.74, 6) is 0.115. The average Bonchev–Trinajstić information content (AvgIpc) is 3.44. The molecule has 0 spiro atoms. The van der Waals surface area contributed by atoms with Crippen LogP contribution in [0.1, 0.15) is 35.4 Å². The zero-order valence-electron chi connectivity index (χ0n) is 19.2. The maximum absolute atomic E-state index is 13.6. The number of hydrogen-bond acceptors (Lipinski definition) is 6. The van der Waals surface area contributed by atoms with Gasteiger partial charge in [0.25, 0.3) is 0 Å². The lowest BCUT2D eigenvalue weighted by Crippen LogP contribution is -2.57. The minimum absolute atomic E-state index is 0.0298. The predicted molar refractivity (Wildman–Crippen MR) is 111 cm³/mol. The monoisotopic (exact) mass is 426 g/mol. The highest BCUT2D eigenvalue weighted by Gasteiger charge is 2.69. The summed E-state index contributed by atoms with van der Waals surface area (Å²) in [6.07, 6.45) is 4.97. The van der Waals surface area contributed by atoms with Crippen molar-refractivity contribution in [1.82, 2.24) is 23.9 Å². The van der Waals surface area contributed by atoms with Crippen LogP contribution in [-0.2, 0) is 10.0 Å². The van der Waals surface area contributed by atoms with E-state index in [1.807, 2.05) is 0 Å². The zero-order chi connectivity index (χ0) is 23.8. The van der Waals surface area contributed by atoms with E-state index in [1.165, 1.54) is 46.6 Å². The standard InChI is InChI=1S/C20H21N7O2S/c1-13-4-5-14(8-15(13)16-9-23-18-17(21)24-12-25-27(16)18)30(28,29)26(3)20-7-6-19(10-20,11-20)22-2/h4-5,8-9,12H,6-7,10-11H2,1,3H3,(H2,21,24,25)/i1D3. The minimum Gasteiger partial charge on any atom is -0.381 e. The fourth-order valence-electron chi connectivity index (χ4n) is 4.83. The van der Waals surface area contributed by atoms with Crippen LogP contribution in [0.5, 0.6) is 0 Å². The molecule has 3 fully saturated rings. The van der Waals surface area contributed by atoms with Gasteiger partial charge in [-0.2, -0.15) is 9.40 Å². The van der Waals surface area contributed by atoms with Gasteiger partial charge in [-0.05, 0) is 31.0 Å². The summed E-state index contributed by atoms with van der Waals surface area (Å²) in [6, 6.07) is 3.97. The number of anilines is 1. The molecule has 0 unspecified atom stereocenters. The molecule has 2 aromatic heterocycles. The van der Waals surface area contributed by atoms with Crippen LogP contribution < -0.4 is 5.73 Å². The van der Waals surface area contributed by atoms with Crippen molar-refractivity contribution in [2.45, 2.75) is 48.5 Å². The maximum Gasteiger partial charge on any atom is 0.243 e. The molecule has 3 aromatic rings. The summed E-state index contributed by atoms with van der Waals surface area (Å²) in [5.41, 5.74) is 5.50. The molecule has 3 aliphatic rings. The van der Waals surface area contributed by atoms with Crippen LogP contribution in [0.2, 0.25) is 0 Å². The van der Waals surface area contributed by atoms with E-state index >= 15 is 0 Å². The van der Waals surface area contributed by atoms with Crippen molar-refractivity contribution < 1.29 is 12.5 Å². The van der Waals surface area contributed by atoms with Crippen LogP contribution in [0.4, 0.5) is 5.82 Å². The molecule has 2 N–H and O–H groups in total. The number of sulfonamides is 1. The van der Waals surface area contributed by atoms with E-state index < -0.39 is 28.0 Å². The first-order chi connectivity index (χ1) is 15.4. The minimum atomic E-state index is -3.96. The summed E-state index contributed by atoms with van der Waals surface area (Å²) in [7, 11) is -2.42.